The molecule has 0 saturated carbocycles. The van der Waals surface area contributed by atoms with E-state index >= 15 is 0 Å². The molecule has 0 aliphatic rings. The first-order chi connectivity index (χ1) is 9.88. The van der Waals surface area contributed by atoms with Crippen LogP contribution in [0, 0.1) is 11.8 Å². The zero-order valence-electron chi connectivity index (χ0n) is 10.5. The largest absolute Gasteiger partial charge is 0.384 e. The molecule has 0 bridgehead atoms. The summed E-state index contributed by atoms with van der Waals surface area (Å²) in [6.07, 6.45) is 1.96. The maximum absolute atomic E-state index is 8.76. The number of nitrogens with zero attached hydrogens (tertiary/aromatic N) is 3. The van der Waals surface area contributed by atoms with Gasteiger partial charge in [-0.15, -0.1) is 21.5 Å². The Morgan fingerprint density at radius 2 is 2.25 bits per heavy atom. The molecule has 0 spiro atoms. The monoisotopic (exact) mass is 301 g/mol. The van der Waals surface area contributed by atoms with Crippen molar-refractivity contribution in [3.63, 3.8) is 0 Å². The highest BCUT2D eigenvalue weighted by atomic mass is 32.2. The van der Waals surface area contributed by atoms with Crippen LogP contribution in [0.4, 0.5) is 0 Å². The van der Waals surface area contributed by atoms with Crippen LogP contribution in [-0.4, -0.2) is 26.3 Å². The second-order valence-corrected chi connectivity index (χ2v) is 5.86. The van der Waals surface area contributed by atoms with E-state index < -0.39 is 0 Å². The lowest BCUT2D eigenvalue weighted by atomic mass is 10.3. The first-order valence-electron chi connectivity index (χ1n) is 5.97. The van der Waals surface area contributed by atoms with Crippen LogP contribution < -0.4 is 0 Å². The van der Waals surface area contributed by atoms with E-state index in [1.165, 1.54) is 4.88 Å². The van der Waals surface area contributed by atoms with E-state index in [2.05, 4.69) is 22.0 Å². The fourth-order valence-corrected chi connectivity index (χ4v) is 3.62. The van der Waals surface area contributed by atoms with Gasteiger partial charge in [-0.2, -0.15) is 0 Å². The molecule has 0 amide bonds. The molecule has 0 fully saturated rings. The molecule has 3 aromatic heterocycles. The van der Waals surface area contributed by atoms with Gasteiger partial charge in [-0.25, -0.2) is 0 Å². The fourth-order valence-electron chi connectivity index (χ4n) is 1.75. The molecule has 0 saturated heterocycles. The Morgan fingerprint density at radius 1 is 1.30 bits per heavy atom. The summed E-state index contributed by atoms with van der Waals surface area (Å²) >= 11 is 3.30. The van der Waals surface area contributed by atoms with E-state index in [1.807, 2.05) is 40.2 Å². The number of pyridine rings is 1. The Balaban J connectivity index is 1.78. The Morgan fingerprint density at radius 3 is 3.15 bits per heavy atom. The molecule has 0 radical (unpaired) electrons. The van der Waals surface area contributed by atoms with E-state index in [-0.39, 0.29) is 6.61 Å². The van der Waals surface area contributed by atoms with Gasteiger partial charge in [0, 0.05) is 22.4 Å². The van der Waals surface area contributed by atoms with Crippen molar-refractivity contribution in [2.75, 3.05) is 6.61 Å². The fraction of sp³-hybridized carbons (Fsp3) is 0.143. The minimum absolute atomic E-state index is 0.114. The zero-order chi connectivity index (χ0) is 13.8. The molecular formula is C14H11N3OS2. The molecule has 1 N–H and O–H groups in total. The molecule has 3 heterocycles. The third kappa shape index (κ3) is 2.70. The lowest BCUT2D eigenvalue weighted by Crippen LogP contribution is -1.87. The molecule has 0 atom stereocenters. The van der Waals surface area contributed by atoms with E-state index in [0.717, 1.165) is 22.1 Å². The van der Waals surface area contributed by atoms with Gasteiger partial charge in [0.15, 0.2) is 10.8 Å². The van der Waals surface area contributed by atoms with Crippen LogP contribution in [0.1, 0.15) is 10.4 Å². The number of hydrogen-bond acceptors (Lipinski definition) is 5. The summed E-state index contributed by atoms with van der Waals surface area (Å²) in [5.41, 5.74) is 1.83. The summed E-state index contributed by atoms with van der Waals surface area (Å²) in [6, 6.07) is 7.82. The standard InChI is InChI=1S/C14H11N3OS2/c18-8-3-4-11-6-9-19-12(11)10-20-14-16-15-13-5-1-2-7-17(13)14/h1-2,5-7,9,18H,8,10H2. The van der Waals surface area contributed by atoms with E-state index in [9.17, 15) is 0 Å². The van der Waals surface area contributed by atoms with Crippen LogP contribution in [0.2, 0.25) is 0 Å². The zero-order valence-corrected chi connectivity index (χ0v) is 12.1. The van der Waals surface area contributed by atoms with Crippen molar-refractivity contribution in [3.05, 3.63) is 46.3 Å². The van der Waals surface area contributed by atoms with Crippen molar-refractivity contribution in [2.45, 2.75) is 10.9 Å². The van der Waals surface area contributed by atoms with Crippen LogP contribution in [-0.2, 0) is 5.75 Å². The first kappa shape index (κ1) is 13.2. The van der Waals surface area contributed by atoms with Crippen LogP contribution in [0.25, 0.3) is 5.65 Å². The first-order valence-corrected chi connectivity index (χ1v) is 7.83. The SMILES string of the molecule is OCC#Cc1ccsc1CSc1nnc2ccccn12. The highest BCUT2D eigenvalue weighted by molar-refractivity contribution is 7.98. The maximum atomic E-state index is 8.76. The Kier molecular flexibility index (Phi) is 4.02. The second kappa shape index (κ2) is 6.09. The van der Waals surface area contributed by atoms with Crippen molar-refractivity contribution in [1.29, 1.82) is 0 Å². The molecule has 4 nitrogen and oxygen atoms in total. The Hall–Kier alpha value is -1.81. The molecule has 0 aromatic carbocycles. The molecule has 0 aliphatic heterocycles. The van der Waals surface area contributed by atoms with Crippen molar-refractivity contribution in [2.24, 2.45) is 0 Å². The molecule has 0 aliphatic carbocycles. The van der Waals surface area contributed by atoms with Crippen LogP contribution >= 0.6 is 23.1 Å². The van der Waals surface area contributed by atoms with Crippen LogP contribution in [0.15, 0.2) is 41.0 Å². The topological polar surface area (TPSA) is 50.4 Å². The van der Waals surface area contributed by atoms with Gasteiger partial charge in [0.2, 0.25) is 0 Å². The van der Waals surface area contributed by atoms with Gasteiger partial charge in [-0.05, 0) is 23.6 Å². The average Bonchev–Trinajstić information content (AvgIpc) is 3.09. The summed E-state index contributed by atoms with van der Waals surface area (Å²) in [7, 11) is 0. The number of rotatable bonds is 3. The highest BCUT2D eigenvalue weighted by Crippen LogP contribution is 2.26. The van der Waals surface area contributed by atoms with Crippen molar-refractivity contribution < 1.29 is 5.11 Å². The molecule has 3 aromatic rings. The molecule has 0 unspecified atom stereocenters. The quantitative estimate of drug-likeness (QED) is 0.596. The number of aliphatic hydroxyl groups excluding tert-OH is 1. The van der Waals surface area contributed by atoms with Gasteiger partial charge in [0.1, 0.15) is 6.61 Å². The van der Waals surface area contributed by atoms with E-state index in [4.69, 9.17) is 5.11 Å². The van der Waals surface area contributed by atoms with Gasteiger partial charge >= 0.3 is 0 Å². The summed E-state index contributed by atoms with van der Waals surface area (Å²) in [6.45, 7) is -0.114. The predicted octanol–water partition coefficient (Wildman–Crippen LogP) is 2.43. The number of fused-ring (bicyclic) bond motifs is 1. The Bertz CT molecular complexity index is 782. The number of aromatic nitrogens is 3. The van der Waals surface area contributed by atoms with Gasteiger partial charge in [0.25, 0.3) is 0 Å². The van der Waals surface area contributed by atoms with Gasteiger partial charge in [-0.3, -0.25) is 4.40 Å². The Labute approximate surface area is 124 Å². The third-order valence-corrected chi connectivity index (χ3v) is 4.74. The number of aliphatic hydroxyl groups is 1. The number of thiophene rings is 1. The van der Waals surface area contributed by atoms with Crippen molar-refractivity contribution in [1.82, 2.24) is 14.6 Å². The molecule has 20 heavy (non-hydrogen) atoms. The molecular weight excluding hydrogens is 290 g/mol. The lowest BCUT2D eigenvalue weighted by molar-refractivity contribution is 0.350. The summed E-state index contributed by atoms with van der Waals surface area (Å²) in [5.74, 6) is 6.44. The summed E-state index contributed by atoms with van der Waals surface area (Å²) < 4.78 is 1.97. The third-order valence-electron chi connectivity index (χ3n) is 2.66. The van der Waals surface area contributed by atoms with Crippen molar-refractivity contribution in [3.8, 4) is 11.8 Å². The molecule has 100 valence electrons. The van der Waals surface area contributed by atoms with E-state index in [0.29, 0.717) is 0 Å². The predicted molar refractivity (Wildman–Crippen MR) is 80.8 cm³/mol. The minimum atomic E-state index is -0.114. The second-order valence-electron chi connectivity index (χ2n) is 3.92. The van der Waals surface area contributed by atoms with Gasteiger partial charge in [0.05, 0.1) is 0 Å². The number of hydrogen-bond donors (Lipinski definition) is 1. The van der Waals surface area contributed by atoms with Crippen molar-refractivity contribution >= 4 is 28.7 Å². The average molecular weight is 301 g/mol. The van der Waals surface area contributed by atoms with Gasteiger partial charge in [-0.1, -0.05) is 29.7 Å². The van der Waals surface area contributed by atoms with Crippen LogP contribution in [0.5, 0.6) is 0 Å². The summed E-state index contributed by atoms with van der Waals surface area (Å²) in [4.78, 5) is 1.18. The smallest absolute Gasteiger partial charge is 0.195 e. The molecule has 6 heteroatoms. The lowest BCUT2D eigenvalue weighted by Gasteiger charge is -1.99. The molecule has 3 rings (SSSR count). The number of thioether (sulfide) groups is 1. The van der Waals surface area contributed by atoms with Crippen LogP contribution in [0.3, 0.4) is 0 Å². The van der Waals surface area contributed by atoms with E-state index in [1.54, 1.807) is 23.1 Å². The minimum Gasteiger partial charge on any atom is -0.384 e. The van der Waals surface area contributed by atoms with Gasteiger partial charge < -0.3 is 5.11 Å². The highest BCUT2D eigenvalue weighted by Gasteiger charge is 2.08. The normalized spacial score (nSPS) is 10.4. The maximum Gasteiger partial charge on any atom is 0.195 e. The summed E-state index contributed by atoms with van der Waals surface area (Å²) in [5, 5.41) is 20.0.